The van der Waals surface area contributed by atoms with Gasteiger partial charge >= 0.3 is 0 Å². The Morgan fingerprint density at radius 1 is 1.62 bits per heavy atom. The summed E-state index contributed by atoms with van der Waals surface area (Å²) in [4.78, 5) is 15.6. The first-order valence-electron chi connectivity index (χ1n) is 5.39. The fraction of sp³-hybridized carbons (Fsp3) is 0.636. The number of rotatable bonds is 5. The fourth-order valence-electron chi connectivity index (χ4n) is 1.42. The lowest BCUT2D eigenvalue weighted by atomic mass is 10.1. The molecule has 4 nitrogen and oxygen atoms in total. The molecule has 90 valence electrons. The van der Waals surface area contributed by atoms with Crippen molar-refractivity contribution in [1.82, 2.24) is 14.9 Å². The second-order valence-corrected chi connectivity index (χ2v) is 4.98. The molecular formula is C11H18ClN3O. The molecule has 1 N–H and O–H groups in total. The van der Waals surface area contributed by atoms with Crippen molar-refractivity contribution in [2.24, 2.45) is 13.0 Å². The second kappa shape index (κ2) is 5.89. The van der Waals surface area contributed by atoms with Gasteiger partial charge in [-0.2, -0.15) is 0 Å². The maximum absolute atomic E-state index is 11.6. The Balaban J connectivity index is 2.35. The summed E-state index contributed by atoms with van der Waals surface area (Å²) in [6.45, 7) is 4.70. The predicted octanol–water partition coefficient (Wildman–Crippen LogP) is 1.80. The third-order valence-electron chi connectivity index (χ3n) is 2.15. The number of nitrogens with zero attached hydrogens (tertiary/aromatic N) is 2. The fourth-order valence-corrected chi connectivity index (χ4v) is 1.85. The highest BCUT2D eigenvalue weighted by Crippen LogP contribution is 2.09. The van der Waals surface area contributed by atoms with E-state index in [1.54, 1.807) is 17.1 Å². The highest BCUT2D eigenvalue weighted by Gasteiger charge is 2.12. The Kier molecular flexibility index (Phi) is 4.80. The number of carbonyl (C=O) groups is 1. The average molecular weight is 244 g/mol. The van der Waals surface area contributed by atoms with Crippen LogP contribution in [0.4, 0.5) is 0 Å². The van der Waals surface area contributed by atoms with E-state index in [0.717, 1.165) is 6.42 Å². The number of carbonyl (C=O) groups excluding carboxylic acids is 1. The summed E-state index contributed by atoms with van der Waals surface area (Å²) in [5.41, 5.74) is 0.427. The van der Waals surface area contributed by atoms with E-state index < -0.39 is 0 Å². The number of imidazole rings is 1. The Bertz CT molecular complexity index is 349. The van der Waals surface area contributed by atoms with Crippen LogP contribution in [0.25, 0.3) is 0 Å². The smallest absolute Gasteiger partial charge is 0.271 e. The molecule has 1 unspecified atom stereocenters. The van der Waals surface area contributed by atoms with Gasteiger partial charge in [0.2, 0.25) is 0 Å². The zero-order chi connectivity index (χ0) is 12.1. The lowest BCUT2D eigenvalue weighted by molar-refractivity contribution is 0.0948. The van der Waals surface area contributed by atoms with Crippen LogP contribution in [0.3, 0.4) is 0 Å². The van der Waals surface area contributed by atoms with Crippen LogP contribution in [0, 0.1) is 5.92 Å². The van der Waals surface area contributed by atoms with Crippen molar-refractivity contribution in [1.29, 1.82) is 0 Å². The number of nitrogens with one attached hydrogen (secondary N) is 1. The Morgan fingerprint density at radius 2 is 2.31 bits per heavy atom. The standard InChI is InChI=1S/C11H18ClN3O/c1-8(2)4-9(12)5-13-11(16)10-6-15(3)7-14-10/h6-9H,4-5H2,1-3H3,(H,13,16). The molecule has 0 saturated carbocycles. The van der Waals surface area contributed by atoms with E-state index in [-0.39, 0.29) is 11.3 Å². The van der Waals surface area contributed by atoms with Crippen molar-refractivity contribution in [2.45, 2.75) is 25.6 Å². The summed E-state index contributed by atoms with van der Waals surface area (Å²) in [6, 6.07) is 0. The molecule has 0 saturated heterocycles. The van der Waals surface area contributed by atoms with Crippen LogP contribution in [0.2, 0.25) is 0 Å². The molecule has 1 atom stereocenters. The number of hydrogen-bond acceptors (Lipinski definition) is 2. The van der Waals surface area contributed by atoms with E-state index in [9.17, 15) is 4.79 Å². The SMILES string of the molecule is CC(C)CC(Cl)CNC(=O)c1cn(C)cn1. The highest BCUT2D eigenvalue weighted by atomic mass is 35.5. The Morgan fingerprint density at radius 3 is 2.81 bits per heavy atom. The molecule has 16 heavy (non-hydrogen) atoms. The summed E-state index contributed by atoms with van der Waals surface area (Å²) in [7, 11) is 1.83. The van der Waals surface area contributed by atoms with Crippen LogP contribution >= 0.6 is 11.6 Å². The van der Waals surface area contributed by atoms with Gasteiger partial charge < -0.3 is 9.88 Å². The van der Waals surface area contributed by atoms with E-state index in [1.165, 1.54) is 0 Å². The molecule has 0 aromatic carbocycles. The monoisotopic (exact) mass is 243 g/mol. The Labute approximate surface area is 101 Å². The first-order valence-corrected chi connectivity index (χ1v) is 5.83. The van der Waals surface area contributed by atoms with Crippen molar-refractivity contribution in [3.05, 3.63) is 18.2 Å². The molecule has 1 rings (SSSR count). The van der Waals surface area contributed by atoms with Crippen LogP contribution in [0.15, 0.2) is 12.5 Å². The second-order valence-electron chi connectivity index (χ2n) is 4.36. The van der Waals surface area contributed by atoms with Crippen LogP contribution < -0.4 is 5.32 Å². The third kappa shape index (κ3) is 4.23. The maximum Gasteiger partial charge on any atom is 0.271 e. The van der Waals surface area contributed by atoms with Crippen molar-refractivity contribution >= 4 is 17.5 Å². The minimum absolute atomic E-state index is 0.0207. The van der Waals surface area contributed by atoms with Gasteiger partial charge in [-0.25, -0.2) is 4.98 Å². The minimum Gasteiger partial charge on any atom is -0.349 e. The zero-order valence-electron chi connectivity index (χ0n) is 9.90. The number of aryl methyl sites for hydroxylation is 1. The van der Waals surface area contributed by atoms with Gasteiger partial charge in [-0.15, -0.1) is 11.6 Å². The molecule has 0 aliphatic carbocycles. The normalized spacial score (nSPS) is 12.8. The molecule has 1 heterocycles. The molecule has 1 amide bonds. The quantitative estimate of drug-likeness (QED) is 0.802. The number of halogens is 1. The van der Waals surface area contributed by atoms with Gasteiger partial charge in [0.25, 0.3) is 5.91 Å². The van der Waals surface area contributed by atoms with E-state index in [1.807, 2.05) is 7.05 Å². The van der Waals surface area contributed by atoms with Crippen molar-refractivity contribution in [2.75, 3.05) is 6.54 Å². The molecule has 0 fully saturated rings. The summed E-state index contributed by atoms with van der Waals surface area (Å²) in [6.07, 6.45) is 4.17. The molecule has 0 spiro atoms. The van der Waals surface area contributed by atoms with Gasteiger partial charge in [-0.1, -0.05) is 13.8 Å². The molecule has 1 aromatic rings. The predicted molar refractivity (Wildman–Crippen MR) is 64.6 cm³/mol. The zero-order valence-corrected chi connectivity index (χ0v) is 10.7. The number of amides is 1. The van der Waals surface area contributed by atoms with Crippen molar-refractivity contribution in [3.8, 4) is 0 Å². The summed E-state index contributed by atoms with van der Waals surface area (Å²) >= 11 is 6.07. The van der Waals surface area contributed by atoms with Crippen molar-refractivity contribution < 1.29 is 4.79 Å². The maximum atomic E-state index is 11.6. The molecule has 0 bridgehead atoms. The molecule has 0 aliphatic rings. The van der Waals surface area contributed by atoms with Gasteiger partial charge in [0, 0.05) is 19.8 Å². The van der Waals surface area contributed by atoms with Gasteiger partial charge in [-0.05, 0) is 12.3 Å². The molecule has 1 aromatic heterocycles. The lowest BCUT2D eigenvalue weighted by Gasteiger charge is -2.12. The van der Waals surface area contributed by atoms with E-state index in [0.29, 0.717) is 18.2 Å². The van der Waals surface area contributed by atoms with Crippen LogP contribution in [-0.4, -0.2) is 27.4 Å². The highest BCUT2D eigenvalue weighted by molar-refractivity contribution is 6.20. The average Bonchev–Trinajstić information content (AvgIpc) is 2.60. The summed E-state index contributed by atoms with van der Waals surface area (Å²) in [5.74, 6) is 0.365. The van der Waals surface area contributed by atoms with E-state index in [4.69, 9.17) is 11.6 Å². The van der Waals surface area contributed by atoms with E-state index >= 15 is 0 Å². The molecule has 0 aliphatic heterocycles. The number of aromatic nitrogens is 2. The molecule has 0 radical (unpaired) electrons. The first kappa shape index (κ1) is 13.0. The van der Waals surface area contributed by atoms with Crippen molar-refractivity contribution in [3.63, 3.8) is 0 Å². The van der Waals surface area contributed by atoms with Crippen LogP contribution in [-0.2, 0) is 7.05 Å². The number of hydrogen-bond donors (Lipinski definition) is 1. The van der Waals surface area contributed by atoms with Gasteiger partial charge in [-0.3, -0.25) is 4.79 Å². The molecular weight excluding hydrogens is 226 g/mol. The lowest BCUT2D eigenvalue weighted by Crippen LogP contribution is -2.30. The Hall–Kier alpha value is -1.03. The van der Waals surface area contributed by atoms with Gasteiger partial charge in [0.05, 0.1) is 11.7 Å². The third-order valence-corrected chi connectivity index (χ3v) is 2.48. The van der Waals surface area contributed by atoms with Crippen LogP contribution in [0.1, 0.15) is 30.8 Å². The summed E-state index contributed by atoms with van der Waals surface area (Å²) < 4.78 is 1.74. The number of alkyl halides is 1. The van der Waals surface area contributed by atoms with Gasteiger partial charge in [0.15, 0.2) is 0 Å². The van der Waals surface area contributed by atoms with Gasteiger partial charge in [0.1, 0.15) is 5.69 Å². The van der Waals surface area contributed by atoms with Crippen LogP contribution in [0.5, 0.6) is 0 Å². The van der Waals surface area contributed by atoms with E-state index in [2.05, 4.69) is 24.1 Å². The minimum atomic E-state index is -0.171. The first-order chi connectivity index (χ1) is 7.49. The largest absolute Gasteiger partial charge is 0.349 e. The topological polar surface area (TPSA) is 46.9 Å². The summed E-state index contributed by atoms with van der Waals surface area (Å²) in [5, 5.41) is 2.75. The molecule has 5 heteroatoms.